The Labute approximate surface area is 199 Å². The van der Waals surface area contributed by atoms with Gasteiger partial charge in [-0.2, -0.15) is 0 Å². The van der Waals surface area contributed by atoms with Crippen LogP contribution >= 0.6 is 0 Å². The van der Waals surface area contributed by atoms with Gasteiger partial charge in [-0.1, -0.05) is 50.7 Å². The summed E-state index contributed by atoms with van der Waals surface area (Å²) in [6.07, 6.45) is 20.8. The molecule has 4 nitrogen and oxygen atoms in total. The molecular formula is C29H42O4. The first-order valence-corrected chi connectivity index (χ1v) is 12.6. The Kier molecular flexibility index (Phi) is 12.3. The van der Waals surface area contributed by atoms with Crippen LogP contribution < -0.4 is 0 Å². The molecule has 0 unspecified atom stereocenters. The van der Waals surface area contributed by atoms with E-state index in [0.717, 1.165) is 49.7 Å². The number of phenolic OH excluding ortho intramolecular Hbond substituents is 4. The summed E-state index contributed by atoms with van der Waals surface area (Å²) in [5, 5.41) is 38.6. The molecule has 2 aromatic carbocycles. The van der Waals surface area contributed by atoms with Gasteiger partial charge in [-0.15, -0.1) is 0 Å². The van der Waals surface area contributed by atoms with Crippen molar-refractivity contribution in [2.75, 3.05) is 0 Å². The monoisotopic (exact) mass is 454 g/mol. The minimum absolute atomic E-state index is 0.138. The number of allylic oxidation sites excluding steroid dienone is 2. The fourth-order valence-electron chi connectivity index (χ4n) is 4.16. The fourth-order valence-corrected chi connectivity index (χ4v) is 4.16. The molecule has 2 aromatic rings. The summed E-state index contributed by atoms with van der Waals surface area (Å²) in [5.74, 6) is 0.643. The normalized spacial score (nSPS) is 11.4. The number of unbranched alkanes of at least 4 members (excludes halogenated alkanes) is 10. The maximum absolute atomic E-state index is 9.78. The van der Waals surface area contributed by atoms with E-state index >= 15 is 0 Å². The van der Waals surface area contributed by atoms with Crippen molar-refractivity contribution >= 4 is 0 Å². The van der Waals surface area contributed by atoms with Gasteiger partial charge in [-0.25, -0.2) is 0 Å². The first kappa shape index (κ1) is 26.6. The highest BCUT2D eigenvalue weighted by atomic mass is 16.3. The number of benzene rings is 2. The van der Waals surface area contributed by atoms with Crippen LogP contribution in [0.2, 0.25) is 0 Å². The zero-order valence-electron chi connectivity index (χ0n) is 20.2. The highest BCUT2D eigenvalue weighted by Gasteiger charge is 2.05. The van der Waals surface area contributed by atoms with Gasteiger partial charge in [0.15, 0.2) is 0 Å². The van der Waals surface area contributed by atoms with E-state index in [1.165, 1.54) is 57.4 Å². The number of aromatic hydroxyl groups is 4. The highest BCUT2D eigenvalue weighted by molar-refractivity contribution is 5.45. The van der Waals surface area contributed by atoms with Crippen molar-refractivity contribution in [3.8, 4) is 23.0 Å². The summed E-state index contributed by atoms with van der Waals surface area (Å²) in [7, 11) is 0. The molecule has 0 radical (unpaired) electrons. The summed E-state index contributed by atoms with van der Waals surface area (Å²) in [6.45, 7) is 1.72. The molecule has 0 aromatic heterocycles. The lowest BCUT2D eigenvalue weighted by atomic mass is 10.0. The highest BCUT2D eigenvalue weighted by Crippen LogP contribution is 2.28. The average molecular weight is 455 g/mol. The van der Waals surface area contributed by atoms with Crippen molar-refractivity contribution in [2.45, 2.75) is 96.8 Å². The number of hydrogen-bond acceptors (Lipinski definition) is 4. The SMILES string of the molecule is Cc1c(O)cc(CCCCCCCC=CCCCCCCCc2cc(O)cc(O)c2)cc1O. The number of phenols is 4. The van der Waals surface area contributed by atoms with Crippen molar-refractivity contribution in [2.24, 2.45) is 0 Å². The molecule has 0 bridgehead atoms. The fraction of sp³-hybridized carbons (Fsp3) is 0.517. The van der Waals surface area contributed by atoms with E-state index in [-0.39, 0.29) is 23.0 Å². The lowest BCUT2D eigenvalue weighted by Gasteiger charge is -2.07. The topological polar surface area (TPSA) is 80.9 Å². The Hall–Kier alpha value is -2.62. The van der Waals surface area contributed by atoms with Crippen molar-refractivity contribution in [3.05, 3.63) is 59.2 Å². The number of hydrogen-bond donors (Lipinski definition) is 4. The van der Waals surface area contributed by atoms with E-state index < -0.39 is 0 Å². The number of rotatable bonds is 16. The Morgan fingerprint density at radius 1 is 0.515 bits per heavy atom. The first-order valence-electron chi connectivity index (χ1n) is 12.6. The van der Waals surface area contributed by atoms with E-state index in [2.05, 4.69) is 12.2 Å². The van der Waals surface area contributed by atoms with Crippen molar-refractivity contribution in [3.63, 3.8) is 0 Å². The van der Waals surface area contributed by atoms with Crippen LogP contribution in [0.25, 0.3) is 0 Å². The lowest BCUT2D eigenvalue weighted by molar-refractivity contribution is 0.441. The predicted molar refractivity (Wildman–Crippen MR) is 136 cm³/mol. The molecular weight excluding hydrogens is 412 g/mol. The Bertz CT molecular complexity index is 813. The van der Waals surface area contributed by atoms with Crippen LogP contribution in [-0.2, 0) is 12.8 Å². The molecule has 0 atom stereocenters. The van der Waals surface area contributed by atoms with Crippen LogP contribution in [0.5, 0.6) is 23.0 Å². The van der Waals surface area contributed by atoms with E-state index in [4.69, 9.17) is 0 Å². The molecule has 2 rings (SSSR count). The third kappa shape index (κ3) is 11.2. The minimum Gasteiger partial charge on any atom is -0.508 e. The van der Waals surface area contributed by atoms with Crippen LogP contribution in [0.3, 0.4) is 0 Å². The van der Waals surface area contributed by atoms with Gasteiger partial charge in [-0.05, 0) is 93.7 Å². The van der Waals surface area contributed by atoms with Crippen molar-refractivity contribution in [1.29, 1.82) is 0 Å². The van der Waals surface area contributed by atoms with Crippen molar-refractivity contribution in [1.82, 2.24) is 0 Å². The standard InChI is InChI=1S/C29H42O4/c1-23-28(32)20-25(21-29(23)33)17-15-13-11-9-7-5-3-2-4-6-8-10-12-14-16-24-18-26(30)22-27(31)19-24/h2-3,18-22,30-33H,4-17H2,1H3. The van der Waals surface area contributed by atoms with Crippen LogP contribution in [0.4, 0.5) is 0 Å². The smallest absolute Gasteiger partial charge is 0.122 e. The van der Waals surface area contributed by atoms with E-state index in [1.807, 2.05) is 0 Å². The third-order valence-corrected chi connectivity index (χ3v) is 6.21. The zero-order chi connectivity index (χ0) is 23.9. The van der Waals surface area contributed by atoms with Gasteiger partial charge in [0.1, 0.15) is 23.0 Å². The Morgan fingerprint density at radius 2 is 0.909 bits per heavy atom. The molecule has 33 heavy (non-hydrogen) atoms. The molecule has 0 spiro atoms. The quantitative estimate of drug-likeness (QED) is 0.154. The van der Waals surface area contributed by atoms with Gasteiger partial charge in [0, 0.05) is 11.6 Å². The summed E-state index contributed by atoms with van der Waals surface area (Å²) in [4.78, 5) is 0. The van der Waals surface area contributed by atoms with Crippen LogP contribution in [0, 0.1) is 6.92 Å². The second kappa shape index (κ2) is 15.3. The van der Waals surface area contributed by atoms with Gasteiger partial charge in [0.2, 0.25) is 0 Å². The molecule has 0 aliphatic carbocycles. The first-order chi connectivity index (χ1) is 16.0. The molecule has 4 heteroatoms. The summed E-state index contributed by atoms with van der Waals surface area (Å²) < 4.78 is 0. The van der Waals surface area contributed by atoms with Gasteiger partial charge in [0.25, 0.3) is 0 Å². The van der Waals surface area contributed by atoms with Gasteiger partial charge in [-0.3, -0.25) is 0 Å². The molecule has 0 heterocycles. The number of aryl methyl sites for hydroxylation is 2. The molecule has 4 N–H and O–H groups in total. The van der Waals surface area contributed by atoms with Gasteiger partial charge < -0.3 is 20.4 Å². The summed E-state index contributed by atoms with van der Waals surface area (Å²) >= 11 is 0. The van der Waals surface area contributed by atoms with Gasteiger partial charge >= 0.3 is 0 Å². The van der Waals surface area contributed by atoms with Crippen LogP contribution in [0.1, 0.15) is 93.7 Å². The molecule has 0 saturated heterocycles. The lowest BCUT2D eigenvalue weighted by Crippen LogP contribution is -1.88. The van der Waals surface area contributed by atoms with E-state index in [1.54, 1.807) is 31.2 Å². The van der Waals surface area contributed by atoms with E-state index in [0.29, 0.717) is 5.56 Å². The molecule has 0 amide bonds. The Balaban J connectivity index is 1.37. The molecule has 0 aliphatic rings. The van der Waals surface area contributed by atoms with E-state index in [9.17, 15) is 20.4 Å². The second-order valence-electron chi connectivity index (χ2n) is 9.20. The zero-order valence-corrected chi connectivity index (χ0v) is 20.2. The van der Waals surface area contributed by atoms with Crippen LogP contribution in [-0.4, -0.2) is 20.4 Å². The predicted octanol–water partition coefficient (Wildman–Crippen LogP) is 7.84. The minimum atomic E-state index is 0.138. The third-order valence-electron chi connectivity index (χ3n) is 6.21. The molecule has 182 valence electrons. The maximum Gasteiger partial charge on any atom is 0.122 e. The maximum atomic E-state index is 9.78. The molecule has 0 saturated carbocycles. The largest absolute Gasteiger partial charge is 0.508 e. The van der Waals surface area contributed by atoms with Crippen molar-refractivity contribution < 1.29 is 20.4 Å². The summed E-state index contributed by atoms with van der Waals surface area (Å²) in [5.41, 5.74) is 2.56. The Morgan fingerprint density at radius 3 is 1.39 bits per heavy atom. The summed E-state index contributed by atoms with van der Waals surface area (Å²) in [6, 6.07) is 8.36. The second-order valence-corrected chi connectivity index (χ2v) is 9.20. The van der Waals surface area contributed by atoms with Gasteiger partial charge in [0.05, 0.1) is 0 Å². The molecule has 0 fully saturated rings. The average Bonchev–Trinajstić information content (AvgIpc) is 2.76. The van der Waals surface area contributed by atoms with Crippen LogP contribution in [0.15, 0.2) is 42.5 Å². The molecule has 0 aliphatic heterocycles.